The highest BCUT2D eigenvalue weighted by Gasteiger charge is 2.28. The van der Waals surface area contributed by atoms with Crippen LogP contribution in [0.15, 0.2) is 42.5 Å². The lowest BCUT2D eigenvalue weighted by atomic mass is 10.1. The predicted molar refractivity (Wildman–Crippen MR) is 119 cm³/mol. The zero-order valence-corrected chi connectivity index (χ0v) is 18.2. The topological polar surface area (TPSA) is 91.4 Å². The summed E-state index contributed by atoms with van der Waals surface area (Å²) in [7, 11) is 3.07. The molecule has 2 heterocycles. The Bertz CT molecular complexity index is 1030. The van der Waals surface area contributed by atoms with Gasteiger partial charge in [0.25, 0.3) is 11.8 Å². The fourth-order valence-corrected chi connectivity index (χ4v) is 3.97. The molecular formula is C23H26N4O5. The molecule has 0 saturated carbocycles. The van der Waals surface area contributed by atoms with Crippen molar-refractivity contribution >= 4 is 23.5 Å². The molecular weight excluding hydrogens is 412 g/mol. The number of amides is 4. The van der Waals surface area contributed by atoms with E-state index in [0.29, 0.717) is 67.6 Å². The Hall–Kier alpha value is -3.75. The van der Waals surface area contributed by atoms with Gasteiger partial charge in [0, 0.05) is 56.6 Å². The Morgan fingerprint density at radius 1 is 0.875 bits per heavy atom. The first kappa shape index (κ1) is 21.5. The van der Waals surface area contributed by atoms with Crippen LogP contribution in [0.4, 0.5) is 10.5 Å². The molecule has 0 bridgehead atoms. The van der Waals surface area contributed by atoms with Crippen LogP contribution in [0.1, 0.15) is 20.7 Å². The first-order valence-corrected chi connectivity index (χ1v) is 10.5. The van der Waals surface area contributed by atoms with Gasteiger partial charge in [-0.25, -0.2) is 4.79 Å². The van der Waals surface area contributed by atoms with Crippen molar-refractivity contribution in [2.75, 3.05) is 58.4 Å². The zero-order valence-electron chi connectivity index (χ0n) is 18.2. The predicted octanol–water partition coefficient (Wildman–Crippen LogP) is 1.83. The third kappa shape index (κ3) is 4.18. The summed E-state index contributed by atoms with van der Waals surface area (Å²) in [5.74, 6) is 0.817. The number of rotatable bonds is 5. The Morgan fingerprint density at radius 2 is 1.59 bits per heavy atom. The largest absolute Gasteiger partial charge is 0.497 e. The van der Waals surface area contributed by atoms with E-state index in [1.165, 1.54) is 7.11 Å². The molecule has 4 amide bonds. The van der Waals surface area contributed by atoms with Crippen molar-refractivity contribution in [3.05, 3.63) is 53.6 Å². The highest BCUT2D eigenvalue weighted by atomic mass is 16.5. The van der Waals surface area contributed by atoms with Crippen molar-refractivity contribution in [2.24, 2.45) is 0 Å². The van der Waals surface area contributed by atoms with Crippen molar-refractivity contribution < 1.29 is 23.9 Å². The van der Waals surface area contributed by atoms with Gasteiger partial charge in [-0.2, -0.15) is 0 Å². The SMILES string of the molecule is COc1ccc(C(=O)N2CCN(C(=O)c3cccc(N4CCNC4=O)c3)CC2)c(OC)c1. The molecule has 0 atom stereocenters. The lowest BCUT2D eigenvalue weighted by molar-refractivity contribution is 0.0533. The van der Waals surface area contributed by atoms with E-state index in [2.05, 4.69) is 5.32 Å². The van der Waals surface area contributed by atoms with Gasteiger partial charge in [0.2, 0.25) is 0 Å². The highest BCUT2D eigenvalue weighted by Crippen LogP contribution is 2.26. The van der Waals surface area contributed by atoms with Crippen LogP contribution >= 0.6 is 0 Å². The minimum absolute atomic E-state index is 0.111. The van der Waals surface area contributed by atoms with E-state index in [1.54, 1.807) is 58.2 Å². The van der Waals surface area contributed by atoms with Gasteiger partial charge >= 0.3 is 6.03 Å². The standard InChI is InChI=1S/C23H26N4O5/c1-31-18-6-7-19(20(15-18)32-2)22(29)26-12-10-25(11-13-26)21(28)16-4-3-5-17(14-16)27-9-8-24-23(27)30/h3-7,14-15H,8-13H2,1-2H3,(H,24,30). The molecule has 168 valence electrons. The van der Waals surface area contributed by atoms with E-state index in [-0.39, 0.29) is 17.8 Å². The molecule has 0 unspecified atom stereocenters. The molecule has 0 spiro atoms. The molecule has 9 heteroatoms. The normalized spacial score (nSPS) is 16.1. The molecule has 2 saturated heterocycles. The van der Waals surface area contributed by atoms with Crippen LogP contribution in [0.3, 0.4) is 0 Å². The van der Waals surface area contributed by atoms with Crippen molar-refractivity contribution in [2.45, 2.75) is 0 Å². The zero-order chi connectivity index (χ0) is 22.7. The summed E-state index contributed by atoms with van der Waals surface area (Å²) in [4.78, 5) is 43.0. The second kappa shape index (κ2) is 9.17. The summed E-state index contributed by atoms with van der Waals surface area (Å²) >= 11 is 0. The Morgan fingerprint density at radius 3 is 2.22 bits per heavy atom. The fraction of sp³-hybridized carbons (Fsp3) is 0.348. The Kier molecular flexibility index (Phi) is 6.16. The van der Waals surface area contributed by atoms with E-state index >= 15 is 0 Å². The number of carbonyl (C=O) groups excluding carboxylic acids is 3. The van der Waals surface area contributed by atoms with Crippen molar-refractivity contribution in [1.82, 2.24) is 15.1 Å². The number of nitrogens with one attached hydrogen (secondary N) is 1. The third-order valence-corrected chi connectivity index (χ3v) is 5.75. The Labute approximate surface area is 186 Å². The van der Waals surface area contributed by atoms with E-state index in [1.807, 2.05) is 6.07 Å². The molecule has 1 N–H and O–H groups in total. The number of nitrogens with zero attached hydrogens (tertiary/aromatic N) is 3. The van der Waals surface area contributed by atoms with E-state index in [9.17, 15) is 14.4 Å². The molecule has 2 aromatic rings. The van der Waals surface area contributed by atoms with Crippen LogP contribution in [0.5, 0.6) is 11.5 Å². The van der Waals surface area contributed by atoms with Gasteiger partial charge in [-0.1, -0.05) is 6.07 Å². The van der Waals surface area contributed by atoms with Crippen LogP contribution in [-0.4, -0.2) is 81.1 Å². The summed E-state index contributed by atoms with van der Waals surface area (Å²) in [6.07, 6.45) is 0. The quantitative estimate of drug-likeness (QED) is 0.769. The van der Waals surface area contributed by atoms with E-state index < -0.39 is 0 Å². The fourth-order valence-electron chi connectivity index (χ4n) is 3.97. The number of methoxy groups -OCH3 is 2. The van der Waals surface area contributed by atoms with Gasteiger partial charge in [-0.05, 0) is 30.3 Å². The lowest BCUT2D eigenvalue weighted by Crippen LogP contribution is -2.50. The molecule has 2 aromatic carbocycles. The number of urea groups is 1. The smallest absolute Gasteiger partial charge is 0.321 e. The maximum absolute atomic E-state index is 13.0. The average molecular weight is 438 g/mol. The molecule has 9 nitrogen and oxygen atoms in total. The highest BCUT2D eigenvalue weighted by molar-refractivity contribution is 5.99. The summed E-state index contributed by atoms with van der Waals surface area (Å²) in [6, 6.07) is 12.0. The van der Waals surface area contributed by atoms with E-state index in [4.69, 9.17) is 9.47 Å². The first-order chi connectivity index (χ1) is 15.5. The maximum Gasteiger partial charge on any atom is 0.321 e. The van der Waals surface area contributed by atoms with Gasteiger partial charge in [0.1, 0.15) is 11.5 Å². The number of hydrogen-bond acceptors (Lipinski definition) is 5. The van der Waals surface area contributed by atoms with Crippen LogP contribution in [0, 0.1) is 0 Å². The van der Waals surface area contributed by atoms with Gasteiger partial charge in [-0.15, -0.1) is 0 Å². The average Bonchev–Trinajstić information content (AvgIpc) is 3.28. The van der Waals surface area contributed by atoms with Gasteiger partial charge in [0.05, 0.1) is 19.8 Å². The van der Waals surface area contributed by atoms with Crippen LogP contribution in [0.2, 0.25) is 0 Å². The van der Waals surface area contributed by atoms with Crippen molar-refractivity contribution in [3.8, 4) is 11.5 Å². The van der Waals surface area contributed by atoms with Gasteiger partial charge < -0.3 is 24.6 Å². The monoisotopic (exact) mass is 438 g/mol. The summed E-state index contributed by atoms with van der Waals surface area (Å²) in [6.45, 7) is 2.87. The van der Waals surface area contributed by atoms with E-state index in [0.717, 1.165) is 0 Å². The molecule has 2 aliphatic heterocycles. The van der Waals surface area contributed by atoms with Gasteiger partial charge in [-0.3, -0.25) is 14.5 Å². The molecule has 0 aliphatic carbocycles. The maximum atomic E-state index is 13.0. The number of carbonyl (C=O) groups is 3. The summed E-state index contributed by atoms with van der Waals surface area (Å²) < 4.78 is 10.5. The van der Waals surface area contributed by atoms with Crippen LogP contribution in [-0.2, 0) is 0 Å². The molecule has 2 fully saturated rings. The number of hydrogen-bond donors (Lipinski definition) is 1. The summed E-state index contributed by atoms with van der Waals surface area (Å²) in [5, 5.41) is 2.76. The van der Waals surface area contributed by atoms with Crippen molar-refractivity contribution in [3.63, 3.8) is 0 Å². The number of benzene rings is 2. The van der Waals surface area contributed by atoms with Crippen molar-refractivity contribution in [1.29, 1.82) is 0 Å². The Balaban J connectivity index is 1.41. The molecule has 4 rings (SSSR count). The van der Waals surface area contributed by atoms with Gasteiger partial charge in [0.15, 0.2) is 0 Å². The summed E-state index contributed by atoms with van der Waals surface area (Å²) in [5.41, 5.74) is 1.69. The number of piperazine rings is 1. The second-order valence-electron chi connectivity index (χ2n) is 7.58. The third-order valence-electron chi connectivity index (χ3n) is 5.75. The lowest BCUT2D eigenvalue weighted by Gasteiger charge is -2.35. The first-order valence-electron chi connectivity index (χ1n) is 10.5. The molecule has 32 heavy (non-hydrogen) atoms. The molecule has 2 aliphatic rings. The van der Waals surface area contributed by atoms with Crippen LogP contribution < -0.4 is 19.7 Å². The number of ether oxygens (including phenoxy) is 2. The second-order valence-corrected chi connectivity index (χ2v) is 7.58. The molecule has 0 radical (unpaired) electrons. The minimum atomic E-state index is -0.157. The minimum Gasteiger partial charge on any atom is -0.497 e. The van der Waals surface area contributed by atoms with Crippen LogP contribution in [0.25, 0.3) is 0 Å². The number of anilines is 1. The molecule has 0 aromatic heterocycles.